The number of hydrogen-bond acceptors (Lipinski definition) is 6. The van der Waals surface area contributed by atoms with Crippen LogP contribution in [0.3, 0.4) is 0 Å². The molecule has 2 aliphatic carbocycles. The van der Waals surface area contributed by atoms with E-state index < -0.39 is 0 Å². The van der Waals surface area contributed by atoms with Crippen molar-refractivity contribution >= 4 is 11.6 Å². The fraction of sp³-hybridized carbons (Fsp3) is 0.474. The minimum absolute atomic E-state index is 0.0380. The number of hydrogen-bond donors (Lipinski definition) is 3. The predicted molar refractivity (Wildman–Crippen MR) is 97.8 cm³/mol. The van der Waals surface area contributed by atoms with Crippen LogP contribution in [0.5, 0.6) is 0 Å². The highest BCUT2D eigenvalue weighted by atomic mass is 15.4. The second-order valence-electron chi connectivity index (χ2n) is 7.94. The molecule has 0 atom stereocenters. The van der Waals surface area contributed by atoms with Crippen LogP contribution in [0.4, 0.5) is 11.6 Å². The lowest BCUT2D eigenvalue weighted by atomic mass is 9.78. The van der Waals surface area contributed by atoms with Crippen molar-refractivity contribution in [2.24, 2.45) is 5.41 Å². The van der Waals surface area contributed by atoms with Crippen molar-refractivity contribution in [3.63, 3.8) is 0 Å². The zero-order chi connectivity index (χ0) is 17.1. The van der Waals surface area contributed by atoms with Crippen LogP contribution < -0.4 is 16.4 Å². The van der Waals surface area contributed by atoms with Crippen LogP contribution in [0.15, 0.2) is 47.8 Å². The van der Waals surface area contributed by atoms with Gasteiger partial charge in [-0.25, -0.2) is 9.97 Å². The van der Waals surface area contributed by atoms with Crippen molar-refractivity contribution in [1.82, 2.24) is 20.2 Å². The van der Waals surface area contributed by atoms with E-state index in [2.05, 4.69) is 50.9 Å². The van der Waals surface area contributed by atoms with E-state index in [1.54, 1.807) is 6.07 Å². The van der Waals surface area contributed by atoms with Gasteiger partial charge in [0.05, 0.1) is 11.4 Å². The maximum atomic E-state index is 5.76. The first-order valence-electron chi connectivity index (χ1n) is 9.10. The highest BCUT2D eigenvalue weighted by Crippen LogP contribution is 2.59. The summed E-state index contributed by atoms with van der Waals surface area (Å²) in [5.41, 5.74) is 10.0. The van der Waals surface area contributed by atoms with E-state index in [0.717, 1.165) is 11.5 Å². The zero-order valence-corrected chi connectivity index (χ0v) is 14.5. The zero-order valence-electron chi connectivity index (χ0n) is 14.5. The maximum absolute atomic E-state index is 5.76. The van der Waals surface area contributed by atoms with Crippen LogP contribution >= 0.6 is 0 Å². The van der Waals surface area contributed by atoms with Crippen LogP contribution in [-0.2, 0) is 0 Å². The standard InChI is InChI=1S/C19H24N6/c1-13-8-14(24-17-9-16(20)21-12-22-17)11-25-15(13)10-23-19(25)6-4-18(2-3-18)5-7-19/h8-12,23H,2-7H2,1H3,(H3,20,21,22,24). The minimum Gasteiger partial charge on any atom is -0.384 e. The number of aromatic nitrogens is 2. The van der Waals surface area contributed by atoms with E-state index in [1.165, 1.54) is 56.1 Å². The molecule has 0 saturated heterocycles. The fourth-order valence-corrected chi connectivity index (χ4v) is 4.47. The summed E-state index contributed by atoms with van der Waals surface area (Å²) in [6.45, 7) is 2.16. The number of nitrogen functional groups attached to an aromatic ring is 1. The summed E-state index contributed by atoms with van der Waals surface area (Å²) < 4.78 is 0. The van der Waals surface area contributed by atoms with Crippen molar-refractivity contribution in [3.8, 4) is 0 Å². The number of nitrogens with zero attached hydrogens (tertiary/aromatic N) is 3. The first kappa shape index (κ1) is 14.8. The topological polar surface area (TPSA) is 79.1 Å². The van der Waals surface area contributed by atoms with Gasteiger partial charge in [0, 0.05) is 18.5 Å². The summed E-state index contributed by atoms with van der Waals surface area (Å²) >= 11 is 0. The molecule has 2 spiro atoms. The molecular weight excluding hydrogens is 312 g/mol. The Labute approximate surface area is 147 Å². The Balaban J connectivity index is 1.42. The third kappa shape index (κ3) is 2.39. The Bertz CT molecular complexity index is 807. The third-order valence-corrected chi connectivity index (χ3v) is 6.30. The highest BCUT2D eigenvalue weighted by Gasteiger charge is 2.52. The number of allylic oxidation sites excluding steroid dienone is 2. The number of fused-ring (bicyclic) bond motifs is 2. The van der Waals surface area contributed by atoms with Gasteiger partial charge in [0.25, 0.3) is 0 Å². The lowest BCUT2D eigenvalue weighted by Gasteiger charge is -2.45. The average molecular weight is 336 g/mol. The Hall–Kier alpha value is -2.50. The quantitative estimate of drug-likeness (QED) is 0.770. The third-order valence-electron chi connectivity index (χ3n) is 6.30. The summed E-state index contributed by atoms with van der Waals surface area (Å²) in [7, 11) is 0. The first-order valence-corrected chi connectivity index (χ1v) is 9.10. The molecule has 4 N–H and O–H groups in total. The van der Waals surface area contributed by atoms with E-state index in [4.69, 9.17) is 5.73 Å². The molecular formula is C19H24N6. The normalized spacial score (nSPS) is 25.0. The summed E-state index contributed by atoms with van der Waals surface area (Å²) in [4.78, 5) is 10.6. The van der Waals surface area contributed by atoms with Gasteiger partial charge in [0.1, 0.15) is 23.6 Å². The molecule has 3 heterocycles. The van der Waals surface area contributed by atoms with Crippen LogP contribution in [0, 0.1) is 5.41 Å². The molecule has 0 amide bonds. The van der Waals surface area contributed by atoms with Gasteiger partial charge >= 0.3 is 0 Å². The predicted octanol–water partition coefficient (Wildman–Crippen LogP) is 3.07. The van der Waals surface area contributed by atoms with Crippen molar-refractivity contribution in [2.45, 2.75) is 51.1 Å². The molecule has 2 fully saturated rings. The summed E-state index contributed by atoms with van der Waals surface area (Å²) in [5.74, 6) is 1.19. The van der Waals surface area contributed by atoms with Crippen molar-refractivity contribution < 1.29 is 0 Å². The average Bonchev–Trinajstić information content (AvgIpc) is 3.26. The molecule has 5 rings (SSSR count). The molecule has 6 nitrogen and oxygen atoms in total. The second-order valence-corrected chi connectivity index (χ2v) is 7.94. The van der Waals surface area contributed by atoms with Crippen molar-refractivity contribution in [2.75, 3.05) is 11.1 Å². The Morgan fingerprint density at radius 1 is 1.16 bits per heavy atom. The summed E-state index contributed by atoms with van der Waals surface area (Å²) in [5, 5.41) is 7.08. The molecule has 0 aromatic carbocycles. The minimum atomic E-state index is 0.0380. The maximum Gasteiger partial charge on any atom is 0.135 e. The molecule has 6 heteroatoms. The van der Waals surface area contributed by atoms with Crippen LogP contribution in [0.25, 0.3) is 0 Å². The Morgan fingerprint density at radius 3 is 2.64 bits per heavy atom. The lowest BCUT2D eigenvalue weighted by molar-refractivity contribution is 0.0929. The number of rotatable bonds is 2. The summed E-state index contributed by atoms with van der Waals surface area (Å²) in [6, 6.07) is 1.75. The molecule has 1 aromatic rings. The lowest BCUT2D eigenvalue weighted by Crippen LogP contribution is -2.53. The SMILES string of the molecule is CC1=CC(Nc2cc(N)ncn2)=CN2C1=CNC21CCC2(CC2)CC1. The van der Waals surface area contributed by atoms with Crippen molar-refractivity contribution in [3.05, 3.63) is 47.8 Å². The largest absolute Gasteiger partial charge is 0.384 e. The van der Waals surface area contributed by atoms with Gasteiger partial charge in [-0.15, -0.1) is 0 Å². The monoisotopic (exact) mass is 336 g/mol. The van der Waals surface area contributed by atoms with Gasteiger partial charge in [-0.2, -0.15) is 0 Å². The molecule has 4 aliphatic rings. The molecule has 0 bridgehead atoms. The number of nitrogens with one attached hydrogen (secondary N) is 2. The molecule has 2 aliphatic heterocycles. The fourth-order valence-electron chi connectivity index (χ4n) is 4.47. The molecule has 2 saturated carbocycles. The van der Waals surface area contributed by atoms with Crippen LogP contribution in [-0.4, -0.2) is 20.5 Å². The summed E-state index contributed by atoms with van der Waals surface area (Å²) in [6.07, 6.45) is 16.0. The van der Waals surface area contributed by atoms with Crippen molar-refractivity contribution in [1.29, 1.82) is 0 Å². The van der Waals surface area contributed by atoms with Gasteiger partial charge in [-0.1, -0.05) is 0 Å². The van der Waals surface area contributed by atoms with E-state index in [9.17, 15) is 0 Å². The van der Waals surface area contributed by atoms with E-state index in [1.807, 2.05) is 0 Å². The van der Waals surface area contributed by atoms with E-state index >= 15 is 0 Å². The smallest absolute Gasteiger partial charge is 0.135 e. The van der Waals surface area contributed by atoms with Gasteiger partial charge in [-0.05, 0) is 62.5 Å². The Morgan fingerprint density at radius 2 is 1.92 bits per heavy atom. The van der Waals surface area contributed by atoms with Gasteiger partial charge in [0.15, 0.2) is 0 Å². The van der Waals surface area contributed by atoms with E-state index in [-0.39, 0.29) is 5.66 Å². The Kier molecular flexibility index (Phi) is 2.96. The van der Waals surface area contributed by atoms with E-state index in [0.29, 0.717) is 11.2 Å². The van der Waals surface area contributed by atoms with Gasteiger partial charge in [-0.3, -0.25) is 0 Å². The number of anilines is 2. The highest BCUT2D eigenvalue weighted by molar-refractivity contribution is 5.54. The molecule has 130 valence electrons. The molecule has 0 radical (unpaired) electrons. The molecule has 0 unspecified atom stereocenters. The van der Waals surface area contributed by atoms with Gasteiger partial charge < -0.3 is 21.3 Å². The number of nitrogens with two attached hydrogens (primary N) is 1. The second kappa shape index (κ2) is 5.00. The van der Waals surface area contributed by atoms with Gasteiger partial charge in [0.2, 0.25) is 0 Å². The molecule has 1 aromatic heterocycles. The molecule has 25 heavy (non-hydrogen) atoms. The van der Waals surface area contributed by atoms with Crippen LogP contribution in [0.2, 0.25) is 0 Å². The van der Waals surface area contributed by atoms with Crippen LogP contribution in [0.1, 0.15) is 45.4 Å². The first-order chi connectivity index (χ1) is 12.1.